The molecule has 1 atom stereocenters. The van der Waals surface area contributed by atoms with Crippen LogP contribution in [-0.2, 0) is 14.3 Å². The van der Waals surface area contributed by atoms with Crippen LogP contribution in [-0.4, -0.2) is 68.6 Å². The van der Waals surface area contributed by atoms with Gasteiger partial charge in [-0.1, -0.05) is 11.6 Å². The zero-order valence-corrected chi connectivity index (χ0v) is 20.3. The van der Waals surface area contributed by atoms with Crippen molar-refractivity contribution < 1.29 is 23.5 Å². The fraction of sp³-hybridized carbons (Fsp3) is 0.435. The number of carbonyl (C=O) groups excluding carboxylic acids is 3. The molecule has 0 spiro atoms. The van der Waals surface area contributed by atoms with E-state index in [-0.39, 0.29) is 48.8 Å². The van der Waals surface area contributed by atoms with E-state index in [9.17, 15) is 18.8 Å². The Morgan fingerprint density at radius 3 is 2.76 bits per heavy atom. The normalized spacial score (nSPS) is 17.1. The van der Waals surface area contributed by atoms with Gasteiger partial charge >= 0.3 is 0 Å². The van der Waals surface area contributed by atoms with Gasteiger partial charge in [0.2, 0.25) is 5.91 Å². The Morgan fingerprint density at radius 2 is 2.12 bits per heavy atom. The molecule has 11 heteroatoms. The highest BCUT2D eigenvalue weighted by Crippen LogP contribution is 2.30. The van der Waals surface area contributed by atoms with Crippen molar-refractivity contribution in [1.82, 2.24) is 10.2 Å². The highest BCUT2D eigenvalue weighted by molar-refractivity contribution is 7.18. The number of hydrogen-bond donors (Lipinski definition) is 2. The summed E-state index contributed by atoms with van der Waals surface area (Å²) in [5.41, 5.74) is 0.420. The second kappa shape index (κ2) is 10.8. The number of rotatable bonds is 9. The number of nitrogens with one attached hydrogen (secondary N) is 2. The predicted molar refractivity (Wildman–Crippen MR) is 129 cm³/mol. The van der Waals surface area contributed by atoms with Gasteiger partial charge in [-0.25, -0.2) is 4.39 Å². The van der Waals surface area contributed by atoms with Crippen LogP contribution in [0, 0.1) is 11.7 Å². The summed E-state index contributed by atoms with van der Waals surface area (Å²) in [5, 5.41) is 5.55. The number of ether oxygens (including phenoxy) is 1. The van der Waals surface area contributed by atoms with E-state index < -0.39 is 11.9 Å². The van der Waals surface area contributed by atoms with Crippen molar-refractivity contribution in [3.63, 3.8) is 0 Å². The quantitative estimate of drug-likeness (QED) is 0.543. The van der Waals surface area contributed by atoms with Gasteiger partial charge in [0, 0.05) is 25.3 Å². The van der Waals surface area contributed by atoms with E-state index >= 15 is 0 Å². The average Bonchev–Trinajstić information content (AvgIpc) is 3.50. The summed E-state index contributed by atoms with van der Waals surface area (Å²) in [5.74, 6) is -1.05. The smallest absolute Gasteiger partial charge is 0.261 e. The fourth-order valence-electron chi connectivity index (χ4n) is 3.80. The molecule has 3 amide bonds. The molecule has 4 rings (SSSR count). The van der Waals surface area contributed by atoms with Crippen LogP contribution < -0.4 is 15.5 Å². The van der Waals surface area contributed by atoms with Gasteiger partial charge in [0.05, 0.1) is 21.5 Å². The lowest BCUT2D eigenvalue weighted by Crippen LogP contribution is -2.49. The fourth-order valence-corrected chi connectivity index (χ4v) is 4.76. The van der Waals surface area contributed by atoms with Crippen LogP contribution in [0.25, 0.3) is 0 Å². The minimum Gasteiger partial charge on any atom is -0.370 e. The van der Waals surface area contributed by atoms with Gasteiger partial charge in [-0.15, -0.1) is 11.3 Å². The minimum atomic E-state index is -0.649. The average molecular weight is 509 g/mol. The summed E-state index contributed by atoms with van der Waals surface area (Å²) in [6, 6.07) is 6.86. The Kier molecular flexibility index (Phi) is 7.82. The molecular formula is C23H26ClFN4O4S. The highest BCUT2D eigenvalue weighted by Gasteiger charge is 2.30. The first kappa shape index (κ1) is 24.6. The molecule has 8 nitrogen and oxygen atoms in total. The zero-order chi connectivity index (χ0) is 24.2. The number of nitrogens with zero attached hydrogens (tertiary/aromatic N) is 2. The number of thiophene rings is 1. The second-order valence-electron chi connectivity index (χ2n) is 8.47. The van der Waals surface area contributed by atoms with Crippen LogP contribution in [0.5, 0.6) is 0 Å². The number of anilines is 2. The van der Waals surface area contributed by atoms with E-state index in [1.807, 2.05) is 11.9 Å². The Balaban J connectivity index is 1.43. The van der Waals surface area contributed by atoms with Crippen molar-refractivity contribution in [1.29, 1.82) is 0 Å². The maximum Gasteiger partial charge on any atom is 0.261 e. The van der Waals surface area contributed by atoms with Crippen molar-refractivity contribution in [3.8, 4) is 0 Å². The van der Waals surface area contributed by atoms with E-state index in [1.54, 1.807) is 18.2 Å². The third-order valence-electron chi connectivity index (χ3n) is 5.82. The number of benzene rings is 1. The van der Waals surface area contributed by atoms with Crippen molar-refractivity contribution in [2.45, 2.75) is 18.9 Å². The van der Waals surface area contributed by atoms with E-state index in [2.05, 4.69) is 10.6 Å². The first-order valence-corrected chi connectivity index (χ1v) is 12.2. The first-order chi connectivity index (χ1) is 16.3. The third kappa shape index (κ3) is 6.12. The lowest BCUT2D eigenvalue weighted by atomic mass is 10.2. The largest absolute Gasteiger partial charge is 0.370 e. The van der Waals surface area contributed by atoms with Gasteiger partial charge in [-0.2, -0.15) is 0 Å². The Labute approximate surface area is 206 Å². The van der Waals surface area contributed by atoms with Crippen LogP contribution in [0.2, 0.25) is 4.34 Å². The van der Waals surface area contributed by atoms with Crippen LogP contribution in [0.4, 0.5) is 15.8 Å². The van der Waals surface area contributed by atoms with Gasteiger partial charge in [-0.3, -0.25) is 19.3 Å². The van der Waals surface area contributed by atoms with E-state index in [4.69, 9.17) is 16.3 Å². The van der Waals surface area contributed by atoms with Gasteiger partial charge in [0.15, 0.2) is 0 Å². The van der Waals surface area contributed by atoms with Crippen LogP contribution >= 0.6 is 22.9 Å². The maximum absolute atomic E-state index is 14.8. The minimum absolute atomic E-state index is 0.0870. The summed E-state index contributed by atoms with van der Waals surface area (Å²) in [6.07, 6.45) is 2.23. The highest BCUT2D eigenvalue weighted by atomic mass is 35.5. The molecule has 2 heterocycles. The maximum atomic E-state index is 14.8. The van der Waals surface area contributed by atoms with Gasteiger partial charge in [0.25, 0.3) is 11.8 Å². The number of hydrogen-bond acceptors (Lipinski definition) is 6. The van der Waals surface area contributed by atoms with Crippen molar-refractivity contribution in [3.05, 3.63) is 45.4 Å². The second-order valence-corrected chi connectivity index (χ2v) is 10.2. The van der Waals surface area contributed by atoms with Crippen LogP contribution in [0.15, 0.2) is 30.3 Å². The molecule has 2 fully saturated rings. The Morgan fingerprint density at radius 1 is 1.32 bits per heavy atom. The molecule has 1 aromatic heterocycles. The van der Waals surface area contributed by atoms with E-state index in [1.165, 1.54) is 17.0 Å². The molecule has 2 N–H and O–H groups in total. The molecule has 1 aliphatic carbocycles. The van der Waals surface area contributed by atoms with E-state index in [0.717, 1.165) is 30.7 Å². The Bertz CT molecular complexity index is 1080. The lowest BCUT2D eigenvalue weighted by Gasteiger charge is -2.28. The molecular weight excluding hydrogens is 483 g/mol. The molecule has 0 bridgehead atoms. The van der Waals surface area contributed by atoms with Crippen LogP contribution in [0.1, 0.15) is 22.5 Å². The molecule has 2 aromatic rings. The molecule has 182 valence electrons. The molecule has 0 radical (unpaired) electrons. The molecule has 1 aliphatic heterocycles. The molecule has 1 saturated heterocycles. The number of morpholine rings is 1. The number of carbonyl (C=O) groups is 3. The van der Waals surface area contributed by atoms with Crippen LogP contribution in [0.3, 0.4) is 0 Å². The SMILES string of the molecule is CN(CC1CC1)[C@@H](CNC(=O)c1ccc(Cl)s1)C(=O)Nc1ccc(N2CCOCC2=O)c(F)c1. The molecule has 1 saturated carbocycles. The first-order valence-electron chi connectivity index (χ1n) is 11.0. The standard InChI is InChI=1S/C23H26ClFN4O4S/c1-28(12-14-2-3-14)18(11-26-23(32)19-6-7-20(24)34-19)22(31)27-15-4-5-17(16(25)10-15)29-8-9-33-13-21(29)30/h4-7,10,14,18H,2-3,8-9,11-13H2,1H3,(H,26,32)(H,27,31)/t18-/m0/s1. The third-order valence-corrected chi connectivity index (χ3v) is 7.05. The summed E-state index contributed by atoms with van der Waals surface area (Å²) >= 11 is 7.08. The van der Waals surface area contributed by atoms with Gasteiger partial charge < -0.3 is 20.3 Å². The van der Waals surface area contributed by atoms with Gasteiger partial charge in [0.1, 0.15) is 18.5 Å². The molecule has 1 aromatic carbocycles. The van der Waals surface area contributed by atoms with Crippen molar-refractivity contribution >= 4 is 52.0 Å². The predicted octanol–water partition coefficient (Wildman–Crippen LogP) is 2.98. The topological polar surface area (TPSA) is 91.0 Å². The summed E-state index contributed by atoms with van der Waals surface area (Å²) in [7, 11) is 1.84. The molecule has 2 aliphatic rings. The monoisotopic (exact) mass is 508 g/mol. The molecule has 34 heavy (non-hydrogen) atoms. The van der Waals surface area contributed by atoms with Gasteiger partial charge in [-0.05, 0) is 56.1 Å². The summed E-state index contributed by atoms with van der Waals surface area (Å²) in [4.78, 5) is 41.3. The number of likely N-dealkylation sites (N-methyl/N-ethyl adjacent to an activating group) is 1. The molecule has 0 unspecified atom stereocenters. The summed E-state index contributed by atoms with van der Waals surface area (Å²) in [6.45, 7) is 1.33. The zero-order valence-electron chi connectivity index (χ0n) is 18.7. The lowest BCUT2D eigenvalue weighted by molar-refractivity contribution is -0.125. The number of amides is 3. The van der Waals surface area contributed by atoms with Crippen molar-refractivity contribution in [2.75, 3.05) is 50.1 Å². The summed E-state index contributed by atoms with van der Waals surface area (Å²) < 4.78 is 20.4. The Hall–Kier alpha value is -2.53. The van der Waals surface area contributed by atoms with Crippen molar-refractivity contribution in [2.24, 2.45) is 5.92 Å². The van der Waals surface area contributed by atoms with E-state index in [0.29, 0.717) is 21.7 Å². The number of halogens is 2.